The van der Waals surface area contributed by atoms with Gasteiger partial charge in [0, 0.05) is 25.3 Å². The summed E-state index contributed by atoms with van der Waals surface area (Å²) in [6, 6.07) is 6.58. The minimum Gasteiger partial charge on any atom is -0.372 e. The molecule has 0 spiro atoms. The maximum atomic E-state index is 5.70. The Hall–Kier alpha value is -1.06. The zero-order valence-corrected chi connectivity index (χ0v) is 13.7. The molecule has 114 valence electrons. The number of anilines is 1. The van der Waals surface area contributed by atoms with E-state index in [4.69, 9.17) is 5.73 Å². The molecular weight excluding hydrogens is 246 g/mol. The van der Waals surface area contributed by atoms with Crippen molar-refractivity contribution in [3.63, 3.8) is 0 Å². The van der Waals surface area contributed by atoms with Gasteiger partial charge in [0.1, 0.15) is 0 Å². The number of aryl methyl sites for hydroxylation is 1. The Labute approximate surface area is 124 Å². The van der Waals surface area contributed by atoms with Crippen molar-refractivity contribution in [3.05, 3.63) is 29.3 Å². The molecule has 0 bridgehead atoms. The third kappa shape index (κ3) is 4.80. The summed E-state index contributed by atoms with van der Waals surface area (Å²) in [6.07, 6.45) is 1.22. The van der Waals surface area contributed by atoms with Crippen LogP contribution in [0.1, 0.15) is 38.3 Å². The molecule has 0 atom stereocenters. The second-order valence-electron chi connectivity index (χ2n) is 5.29. The molecule has 2 N–H and O–H groups in total. The van der Waals surface area contributed by atoms with Crippen LogP contribution in [0.5, 0.6) is 0 Å². The largest absolute Gasteiger partial charge is 0.372 e. The van der Waals surface area contributed by atoms with E-state index in [2.05, 4.69) is 55.7 Å². The fourth-order valence-corrected chi connectivity index (χ4v) is 2.67. The average molecular weight is 277 g/mol. The fraction of sp³-hybridized carbons (Fsp3) is 0.647. The van der Waals surface area contributed by atoms with Crippen molar-refractivity contribution in [1.29, 1.82) is 0 Å². The normalized spacial score (nSPS) is 11.1. The first-order chi connectivity index (χ1) is 9.65. The van der Waals surface area contributed by atoms with Crippen LogP contribution >= 0.6 is 0 Å². The third-order valence-electron chi connectivity index (χ3n) is 4.02. The Morgan fingerprint density at radius 1 is 1.00 bits per heavy atom. The Kier molecular flexibility index (Phi) is 7.63. The number of benzene rings is 1. The average Bonchev–Trinajstić information content (AvgIpc) is 2.48. The van der Waals surface area contributed by atoms with Gasteiger partial charge in [-0.25, -0.2) is 0 Å². The maximum Gasteiger partial charge on any atom is 0.0396 e. The molecule has 0 aliphatic carbocycles. The van der Waals surface area contributed by atoms with Crippen molar-refractivity contribution in [2.24, 2.45) is 5.73 Å². The van der Waals surface area contributed by atoms with E-state index >= 15 is 0 Å². The zero-order valence-electron chi connectivity index (χ0n) is 13.7. The van der Waals surface area contributed by atoms with Gasteiger partial charge in [-0.2, -0.15) is 0 Å². The number of hydrogen-bond donors (Lipinski definition) is 1. The summed E-state index contributed by atoms with van der Waals surface area (Å²) >= 11 is 0. The molecule has 0 saturated carbocycles. The third-order valence-corrected chi connectivity index (χ3v) is 4.02. The summed E-state index contributed by atoms with van der Waals surface area (Å²) in [4.78, 5) is 4.96. The fourth-order valence-electron chi connectivity index (χ4n) is 2.67. The molecule has 1 aromatic rings. The van der Waals surface area contributed by atoms with Crippen molar-refractivity contribution < 1.29 is 0 Å². The molecule has 0 aliphatic rings. The quantitative estimate of drug-likeness (QED) is 0.753. The topological polar surface area (TPSA) is 32.5 Å². The van der Waals surface area contributed by atoms with Crippen LogP contribution in [0.15, 0.2) is 18.2 Å². The van der Waals surface area contributed by atoms with Gasteiger partial charge < -0.3 is 15.5 Å². The number of hydrogen-bond acceptors (Lipinski definition) is 3. The monoisotopic (exact) mass is 277 g/mol. The van der Waals surface area contributed by atoms with E-state index in [1.165, 1.54) is 29.8 Å². The molecule has 0 radical (unpaired) electrons. The highest BCUT2D eigenvalue weighted by atomic mass is 15.1. The van der Waals surface area contributed by atoms with E-state index < -0.39 is 0 Å². The maximum absolute atomic E-state index is 5.70. The van der Waals surface area contributed by atoms with E-state index in [-0.39, 0.29) is 0 Å². The summed E-state index contributed by atoms with van der Waals surface area (Å²) in [5, 5.41) is 0. The van der Waals surface area contributed by atoms with Gasteiger partial charge in [-0.05, 0) is 57.1 Å². The van der Waals surface area contributed by atoms with E-state index in [9.17, 15) is 0 Å². The van der Waals surface area contributed by atoms with E-state index in [1.807, 2.05) is 0 Å². The van der Waals surface area contributed by atoms with Crippen molar-refractivity contribution in [2.75, 3.05) is 37.6 Å². The van der Waals surface area contributed by atoms with Crippen molar-refractivity contribution in [1.82, 2.24) is 4.90 Å². The highest BCUT2D eigenvalue weighted by molar-refractivity contribution is 5.54. The van der Waals surface area contributed by atoms with Crippen LogP contribution in [-0.4, -0.2) is 37.6 Å². The summed E-state index contributed by atoms with van der Waals surface area (Å²) in [7, 11) is 0. The van der Waals surface area contributed by atoms with Crippen molar-refractivity contribution in [3.8, 4) is 0 Å². The molecule has 0 unspecified atom stereocenters. The van der Waals surface area contributed by atoms with Crippen LogP contribution < -0.4 is 10.6 Å². The standard InChI is InChI=1S/C17H31N3/c1-5-19(6-2)11-8-12-20(7-3)17-10-9-16(14-18)13-15(17)4/h9-10,13H,5-8,11-12,14,18H2,1-4H3. The molecule has 1 rings (SSSR count). The molecule has 20 heavy (non-hydrogen) atoms. The molecule has 0 saturated heterocycles. The van der Waals surface area contributed by atoms with Gasteiger partial charge in [0.25, 0.3) is 0 Å². The van der Waals surface area contributed by atoms with Gasteiger partial charge in [-0.3, -0.25) is 0 Å². The van der Waals surface area contributed by atoms with Crippen molar-refractivity contribution in [2.45, 2.75) is 40.7 Å². The molecule has 3 nitrogen and oxygen atoms in total. The highest BCUT2D eigenvalue weighted by Gasteiger charge is 2.08. The zero-order chi connectivity index (χ0) is 15.0. The predicted octanol–water partition coefficient (Wildman–Crippen LogP) is 3.01. The Bertz CT molecular complexity index is 386. The van der Waals surface area contributed by atoms with Gasteiger partial charge in [0.2, 0.25) is 0 Å². The highest BCUT2D eigenvalue weighted by Crippen LogP contribution is 2.21. The first-order valence-corrected chi connectivity index (χ1v) is 7.93. The lowest BCUT2D eigenvalue weighted by atomic mass is 10.1. The van der Waals surface area contributed by atoms with E-state index in [0.717, 1.165) is 26.2 Å². The predicted molar refractivity (Wildman–Crippen MR) is 89.4 cm³/mol. The molecule has 0 heterocycles. The van der Waals surface area contributed by atoms with E-state index in [0.29, 0.717) is 6.54 Å². The molecule has 0 fully saturated rings. The Morgan fingerprint density at radius 3 is 2.20 bits per heavy atom. The first kappa shape index (κ1) is 17.0. The second-order valence-corrected chi connectivity index (χ2v) is 5.29. The molecule has 0 amide bonds. The van der Waals surface area contributed by atoms with Crippen LogP contribution in [0.4, 0.5) is 5.69 Å². The molecular formula is C17H31N3. The summed E-state index contributed by atoms with van der Waals surface area (Å²) in [5.74, 6) is 0. The second kappa shape index (κ2) is 8.98. The lowest BCUT2D eigenvalue weighted by molar-refractivity contribution is 0.301. The summed E-state index contributed by atoms with van der Waals surface area (Å²) < 4.78 is 0. The summed E-state index contributed by atoms with van der Waals surface area (Å²) in [5.41, 5.74) is 9.60. The van der Waals surface area contributed by atoms with Crippen LogP contribution in [0, 0.1) is 6.92 Å². The minimum absolute atomic E-state index is 0.620. The van der Waals surface area contributed by atoms with E-state index in [1.54, 1.807) is 0 Å². The molecule has 3 heteroatoms. The molecule has 1 aromatic carbocycles. The summed E-state index contributed by atoms with van der Waals surface area (Å²) in [6.45, 7) is 15.2. The lowest BCUT2D eigenvalue weighted by Gasteiger charge is -2.27. The van der Waals surface area contributed by atoms with Gasteiger partial charge >= 0.3 is 0 Å². The van der Waals surface area contributed by atoms with Gasteiger partial charge in [-0.15, -0.1) is 0 Å². The smallest absolute Gasteiger partial charge is 0.0396 e. The Morgan fingerprint density at radius 2 is 1.70 bits per heavy atom. The van der Waals surface area contributed by atoms with Crippen LogP contribution in [0.2, 0.25) is 0 Å². The van der Waals surface area contributed by atoms with Crippen LogP contribution in [0.3, 0.4) is 0 Å². The number of nitrogens with two attached hydrogens (primary N) is 1. The Balaban J connectivity index is 2.62. The van der Waals surface area contributed by atoms with Gasteiger partial charge in [-0.1, -0.05) is 26.0 Å². The molecule has 0 aliphatic heterocycles. The van der Waals surface area contributed by atoms with Crippen molar-refractivity contribution >= 4 is 5.69 Å². The van der Waals surface area contributed by atoms with Crippen LogP contribution in [0.25, 0.3) is 0 Å². The van der Waals surface area contributed by atoms with Gasteiger partial charge in [0.05, 0.1) is 0 Å². The van der Waals surface area contributed by atoms with Gasteiger partial charge in [0.15, 0.2) is 0 Å². The number of nitrogens with zero attached hydrogens (tertiary/aromatic N) is 2. The molecule has 0 aromatic heterocycles. The first-order valence-electron chi connectivity index (χ1n) is 7.93. The lowest BCUT2D eigenvalue weighted by Crippen LogP contribution is -2.30. The minimum atomic E-state index is 0.620. The van der Waals surface area contributed by atoms with Crippen LogP contribution in [-0.2, 0) is 6.54 Å². The number of rotatable bonds is 9. The SMILES string of the molecule is CCN(CC)CCCN(CC)c1ccc(CN)cc1C.